The molecule has 0 aliphatic heterocycles. The van der Waals surface area contributed by atoms with Crippen molar-refractivity contribution in [3.05, 3.63) is 77.1 Å². The predicted molar refractivity (Wildman–Crippen MR) is 166 cm³/mol. The van der Waals surface area contributed by atoms with Gasteiger partial charge in [-0.05, 0) is 77.8 Å². The minimum absolute atomic E-state index is 0.0476. The number of aromatic nitrogens is 1. The van der Waals surface area contributed by atoms with Crippen LogP contribution in [0.3, 0.4) is 0 Å². The standard InChI is InChI=1S/C34H43NOSi2/c1-34-19-18-27-26-14-13-25(21-24(26)12-15-28(27)29(34)16-17-32(34)36)31(22-37(2,3)4)38(5,6)30-11-7-9-23-10-8-20-35-33(23)30/h7-11,13-14,20-22,27-29H,12,15-19H2,1-6H3/b31-22+/t27-,28-,29+,34+/m1/s1. The van der Waals surface area contributed by atoms with E-state index in [4.69, 9.17) is 4.98 Å². The number of carbonyl (C=O) groups is 1. The molecule has 3 aromatic rings. The van der Waals surface area contributed by atoms with Crippen LogP contribution in [0.2, 0.25) is 32.7 Å². The molecule has 0 amide bonds. The average molecular weight is 538 g/mol. The molecule has 198 valence electrons. The average Bonchev–Trinajstić information content (AvgIpc) is 3.20. The Morgan fingerprint density at radius 2 is 1.76 bits per heavy atom. The SMILES string of the molecule is C[C@]12CC[C@@H]3c4ccc(/C(=C\[Si](C)(C)C)[Si](C)(C)c5cccc6cccnc56)cc4CC[C@H]3[C@@H]1CCC2=O. The Bertz CT molecular complexity index is 1440. The number of Topliss-reactive ketones (excluding diaryl/α,β-unsaturated/α-hetero) is 1. The monoisotopic (exact) mass is 537 g/mol. The lowest BCUT2D eigenvalue weighted by molar-refractivity contribution is -0.129. The van der Waals surface area contributed by atoms with E-state index in [0.717, 1.165) is 25.7 Å². The molecule has 3 aliphatic rings. The highest BCUT2D eigenvalue weighted by atomic mass is 28.3. The van der Waals surface area contributed by atoms with Crippen molar-refractivity contribution < 1.29 is 4.79 Å². The first-order valence-electron chi connectivity index (χ1n) is 14.7. The Balaban J connectivity index is 1.41. The van der Waals surface area contributed by atoms with Crippen molar-refractivity contribution in [3.8, 4) is 0 Å². The van der Waals surface area contributed by atoms with Gasteiger partial charge in [0.2, 0.25) is 0 Å². The number of benzene rings is 2. The van der Waals surface area contributed by atoms with Gasteiger partial charge in [-0.2, -0.15) is 0 Å². The topological polar surface area (TPSA) is 30.0 Å². The van der Waals surface area contributed by atoms with E-state index in [1.807, 2.05) is 12.3 Å². The number of para-hydroxylation sites is 1. The van der Waals surface area contributed by atoms with Crippen molar-refractivity contribution in [1.82, 2.24) is 4.98 Å². The molecule has 4 atom stereocenters. The Hall–Kier alpha value is -2.31. The molecule has 2 aromatic carbocycles. The number of carbonyl (C=O) groups excluding carboxylic acids is 1. The fraction of sp³-hybridized carbons (Fsp3) is 0.471. The first-order chi connectivity index (χ1) is 18.0. The summed E-state index contributed by atoms with van der Waals surface area (Å²) in [6, 6.07) is 18.5. The molecule has 2 nitrogen and oxygen atoms in total. The van der Waals surface area contributed by atoms with E-state index in [2.05, 4.69) is 87.8 Å². The first-order valence-corrected chi connectivity index (χ1v) is 21.3. The Labute approximate surface area is 231 Å². The second-order valence-corrected chi connectivity index (χ2v) is 23.5. The lowest BCUT2D eigenvalue weighted by Gasteiger charge is -2.48. The van der Waals surface area contributed by atoms with Crippen LogP contribution in [0.1, 0.15) is 61.6 Å². The zero-order valence-electron chi connectivity index (χ0n) is 24.1. The molecular formula is C34H43NOSi2. The maximum Gasteiger partial charge on any atom is 0.139 e. The number of nitrogens with zero attached hydrogens (tertiary/aromatic N) is 1. The number of rotatable bonds is 4. The van der Waals surface area contributed by atoms with Crippen LogP contribution >= 0.6 is 0 Å². The molecule has 0 radical (unpaired) electrons. The molecular weight excluding hydrogens is 495 g/mol. The van der Waals surface area contributed by atoms with Crippen LogP contribution in [0.5, 0.6) is 0 Å². The summed E-state index contributed by atoms with van der Waals surface area (Å²) in [5.74, 6) is 2.45. The number of pyridine rings is 1. The molecule has 2 fully saturated rings. The number of ketones is 1. The summed E-state index contributed by atoms with van der Waals surface area (Å²) in [5, 5.41) is 4.26. The Kier molecular flexibility index (Phi) is 6.23. The third-order valence-electron chi connectivity index (χ3n) is 10.3. The maximum atomic E-state index is 12.8. The summed E-state index contributed by atoms with van der Waals surface area (Å²) in [6.45, 7) is 14.7. The van der Waals surface area contributed by atoms with E-state index < -0.39 is 16.1 Å². The van der Waals surface area contributed by atoms with E-state index in [-0.39, 0.29) is 5.41 Å². The molecule has 38 heavy (non-hydrogen) atoms. The van der Waals surface area contributed by atoms with Crippen molar-refractivity contribution >= 4 is 43.2 Å². The van der Waals surface area contributed by atoms with E-state index in [9.17, 15) is 4.79 Å². The van der Waals surface area contributed by atoms with Crippen molar-refractivity contribution in [2.75, 3.05) is 0 Å². The van der Waals surface area contributed by atoms with Gasteiger partial charge in [0.05, 0.1) is 13.6 Å². The Morgan fingerprint density at radius 1 is 0.974 bits per heavy atom. The molecule has 4 heteroatoms. The van der Waals surface area contributed by atoms with Crippen LogP contribution in [0.25, 0.3) is 16.1 Å². The summed E-state index contributed by atoms with van der Waals surface area (Å²) < 4.78 is 0. The molecule has 0 bridgehead atoms. The second kappa shape index (κ2) is 9.13. The highest BCUT2D eigenvalue weighted by Crippen LogP contribution is 2.59. The van der Waals surface area contributed by atoms with Crippen molar-refractivity contribution in [1.29, 1.82) is 0 Å². The molecule has 2 saturated carbocycles. The van der Waals surface area contributed by atoms with Crippen LogP contribution in [-0.2, 0) is 11.2 Å². The summed E-state index contributed by atoms with van der Waals surface area (Å²) in [6.07, 6.45) is 8.53. The maximum absolute atomic E-state index is 12.8. The van der Waals surface area contributed by atoms with Gasteiger partial charge in [0.1, 0.15) is 13.9 Å². The molecule has 0 N–H and O–H groups in total. The van der Waals surface area contributed by atoms with Gasteiger partial charge in [0, 0.05) is 23.4 Å². The van der Waals surface area contributed by atoms with Crippen molar-refractivity contribution in [2.45, 2.75) is 84.1 Å². The van der Waals surface area contributed by atoms with Gasteiger partial charge >= 0.3 is 0 Å². The number of aryl methyl sites for hydroxylation is 1. The third kappa shape index (κ3) is 4.19. The van der Waals surface area contributed by atoms with Gasteiger partial charge in [-0.25, -0.2) is 0 Å². The van der Waals surface area contributed by atoms with E-state index in [0.29, 0.717) is 23.5 Å². The second-order valence-electron chi connectivity index (χ2n) is 14.2. The van der Waals surface area contributed by atoms with Crippen LogP contribution in [0.15, 0.2) is 60.4 Å². The Morgan fingerprint density at radius 3 is 2.55 bits per heavy atom. The fourth-order valence-corrected chi connectivity index (χ4v) is 14.6. The molecule has 0 unspecified atom stereocenters. The minimum Gasteiger partial charge on any atom is -0.299 e. The van der Waals surface area contributed by atoms with Gasteiger partial charge in [-0.3, -0.25) is 9.78 Å². The zero-order chi connectivity index (χ0) is 26.9. The van der Waals surface area contributed by atoms with Gasteiger partial charge in [-0.15, -0.1) is 0 Å². The quantitative estimate of drug-likeness (QED) is 0.315. The van der Waals surface area contributed by atoms with E-state index in [1.165, 1.54) is 34.5 Å². The minimum atomic E-state index is -2.04. The van der Waals surface area contributed by atoms with Crippen molar-refractivity contribution in [2.24, 2.45) is 17.3 Å². The summed E-state index contributed by atoms with van der Waals surface area (Å²) in [5.41, 5.74) is 8.40. The lowest BCUT2D eigenvalue weighted by atomic mass is 9.55. The number of hydrogen-bond donors (Lipinski definition) is 0. The van der Waals surface area contributed by atoms with Crippen LogP contribution in [0, 0.1) is 17.3 Å². The van der Waals surface area contributed by atoms with E-state index >= 15 is 0 Å². The predicted octanol–water partition coefficient (Wildman–Crippen LogP) is 8.08. The third-order valence-corrected chi connectivity index (χ3v) is 15.3. The number of hydrogen-bond acceptors (Lipinski definition) is 2. The van der Waals surface area contributed by atoms with Gasteiger partial charge in [0.15, 0.2) is 0 Å². The lowest BCUT2D eigenvalue weighted by Crippen LogP contribution is -2.45. The van der Waals surface area contributed by atoms with E-state index in [1.54, 1.807) is 16.3 Å². The molecule has 6 rings (SSSR count). The summed E-state index contributed by atoms with van der Waals surface area (Å²) in [7, 11) is -3.53. The van der Waals surface area contributed by atoms with Crippen LogP contribution in [0.4, 0.5) is 0 Å². The summed E-state index contributed by atoms with van der Waals surface area (Å²) >= 11 is 0. The highest BCUT2D eigenvalue weighted by Gasteiger charge is 2.54. The molecule has 0 saturated heterocycles. The van der Waals surface area contributed by atoms with Gasteiger partial charge in [0.25, 0.3) is 0 Å². The van der Waals surface area contributed by atoms with Gasteiger partial charge < -0.3 is 0 Å². The molecule has 0 spiro atoms. The molecule has 1 aromatic heterocycles. The number of fused-ring (bicyclic) bond motifs is 6. The smallest absolute Gasteiger partial charge is 0.139 e. The summed E-state index contributed by atoms with van der Waals surface area (Å²) in [4.78, 5) is 17.6. The first kappa shape index (κ1) is 25.9. The normalized spacial score (nSPS) is 27.7. The van der Waals surface area contributed by atoms with Crippen molar-refractivity contribution in [3.63, 3.8) is 0 Å². The van der Waals surface area contributed by atoms with Gasteiger partial charge in [-0.1, -0.05) is 93.0 Å². The zero-order valence-corrected chi connectivity index (χ0v) is 26.1. The fourth-order valence-electron chi connectivity index (χ4n) is 8.33. The molecule has 3 aliphatic carbocycles. The molecule has 1 heterocycles. The highest BCUT2D eigenvalue weighted by molar-refractivity contribution is 7.07. The largest absolute Gasteiger partial charge is 0.299 e. The van der Waals surface area contributed by atoms with Crippen LogP contribution < -0.4 is 5.19 Å². The van der Waals surface area contributed by atoms with Crippen LogP contribution in [-0.4, -0.2) is 26.9 Å².